The van der Waals surface area contributed by atoms with Crippen LogP contribution < -0.4 is 10.5 Å². The number of carbonyl (C=O) groups is 2. The van der Waals surface area contributed by atoms with E-state index in [0.29, 0.717) is 43.3 Å². The average Bonchev–Trinajstić information content (AvgIpc) is 3.53. The standard InChI is InChI=1S/C26H28F3N5O4/c1-14(30)23-22(25(36)33-12-9-15(10-13-33)34-11-3-4-20(34)35)32-24(38-23)17-5-7-18(37-2)21-16(17)6-8-19(31-21)26(27,28)29/h5-8,14-15H,3-4,9-13,30H2,1-2H3. The van der Waals surface area contributed by atoms with E-state index in [9.17, 15) is 22.8 Å². The molecule has 2 aromatic heterocycles. The Balaban J connectivity index is 1.46. The van der Waals surface area contributed by atoms with Gasteiger partial charge >= 0.3 is 6.18 Å². The lowest BCUT2D eigenvalue weighted by Crippen LogP contribution is -2.47. The van der Waals surface area contributed by atoms with Crippen molar-refractivity contribution in [2.75, 3.05) is 26.7 Å². The zero-order valence-electron chi connectivity index (χ0n) is 21.0. The van der Waals surface area contributed by atoms with E-state index in [4.69, 9.17) is 14.9 Å². The zero-order chi connectivity index (χ0) is 27.2. The molecule has 9 nitrogen and oxygen atoms in total. The Hall–Kier alpha value is -3.67. The van der Waals surface area contributed by atoms with E-state index in [0.717, 1.165) is 19.0 Å². The van der Waals surface area contributed by atoms with Crippen molar-refractivity contribution in [1.29, 1.82) is 0 Å². The van der Waals surface area contributed by atoms with Crippen LogP contribution in [-0.4, -0.2) is 64.4 Å². The summed E-state index contributed by atoms with van der Waals surface area (Å²) in [5.74, 6) is 0.218. The van der Waals surface area contributed by atoms with E-state index in [1.165, 1.54) is 19.2 Å². The van der Waals surface area contributed by atoms with Gasteiger partial charge in [-0.05, 0) is 50.5 Å². The Labute approximate surface area is 216 Å². The number of nitrogens with two attached hydrogens (primary N) is 1. The Morgan fingerprint density at radius 3 is 2.50 bits per heavy atom. The minimum atomic E-state index is -4.63. The van der Waals surface area contributed by atoms with Crippen LogP contribution in [0.4, 0.5) is 13.2 Å². The van der Waals surface area contributed by atoms with Crippen LogP contribution in [-0.2, 0) is 11.0 Å². The lowest BCUT2D eigenvalue weighted by molar-refractivity contribution is -0.141. The molecule has 2 aliphatic rings. The van der Waals surface area contributed by atoms with Crippen molar-refractivity contribution in [2.24, 2.45) is 5.73 Å². The first-order chi connectivity index (χ1) is 18.1. The molecule has 3 aromatic rings. The zero-order valence-corrected chi connectivity index (χ0v) is 21.0. The van der Waals surface area contributed by atoms with Crippen molar-refractivity contribution in [3.8, 4) is 17.2 Å². The summed E-state index contributed by atoms with van der Waals surface area (Å²) < 4.78 is 51.1. The maximum atomic E-state index is 13.5. The third-order valence-electron chi connectivity index (χ3n) is 7.13. The second-order valence-electron chi connectivity index (χ2n) is 9.64. The highest BCUT2D eigenvalue weighted by Crippen LogP contribution is 2.37. The fourth-order valence-corrected chi connectivity index (χ4v) is 5.20. The predicted octanol–water partition coefficient (Wildman–Crippen LogP) is 4.16. The van der Waals surface area contributed by atoms with Crippen LogP contribution in [0.5, 0.6) is 5.75 Å². The molecule has 0 aliphatic carbocycles. The number of ether oxygens (including phenoxy) is 1. The van der Waals surface area contributed by atoms with Crippen LogP contribution in [0.2, 0.25) is 0 Å². The number of oxazole rings is 1. The smallest absolute Gasteiger partial charge is 0.433 e. The predicted molar refractivity (Wildman–Crippen MR) is 131 cm³/mol. The largest absolute Gasteiger partial charge is 0.494 e. The van der Waals surface area contributed by atoms with Crippen LogP contribution in [0.3, 0.4) is 0 Å². The first-order valence-corrected chi connectivity index (χ1v) is 12.5. The molecule has 1 atom stereocenters. The quantitative estimate of drug-likeness (QED) is 0.526. The van der Waals surface area contributed by atoms with Gasteiger partial charge in [0.1, 0.15) is 17.0 Å². The van der Waals surface area contributed by atoms with E-state index < -0.39 is 17.9 Å². The Kier molecular flexibility index (Phi) is 6.76. The number of hydrogen-bond donors (Lipinski definition) is 1. The number of rotatable bonds is 5. The summed E-state index contributed by atoms with van der Waals surface area (Å²) in [4.78, 5) is 37.4. The number of carbonyl (C=O) groups excluding carboxylic acids is 2. The molecule has 2 amide bonds. The van der Waals surface area contributed by atoms with Crippen LogP contribution in [0.25, 0.3) is 22.4 Å². The fraction of sp³-hybridized carbons (Fsp3) is 0.462. The molecule has 1 aromatic carbocycles. The van der Waals surface area contributed by atoms with Crippen molar-refractivity contribution < 1.29 is 31.9 Å². The van der Waals surface area contributed by atoms with Crippen LogP contribution in [0.15, 0.2) is 28.7 Å². The molecule has 4 heterocycles. The Bertz CT molecular complexity index is 1380. The van der Waals surface area contributed by atoms with Gasteiger partial charge in [0.05, 0.1) is 13.2 Å². The third kappa shape index (κ3) is 4.68. The molecule has 2 N–H and O–H groups in total. The van der Waals surface area contributed by atoms with Crippen molar-refractivity contribution in [3.05, 3.63) is 41.4 Å². The number of benzene rings is 1. The van der Waals surface area contributed by atoms with Gasteiger partial charge in [-0.15, -0.1) is 0 Å². The number of hydrogen-bond acceptors (Lipinski definition) is 7. The second kappa shape index (κ2) is 9.90. The lowest BCUT2D eigenvalue weighted by atomic mass is 10.0. The van der Waals surface area contributed by atoms with Gasteiger partial charge < -0.3 is 24.7 Å². The molecule has 202 valence electrons. The molecule has 38 heavy (non-hydrogen) atoms. The second-order valence-corrected chi connectivity index (χ2v) is 9.64. The molecule has 0 spiro atoms. The number of nitrogens with zero attached hydrogens (tertiary/aromatic N) is 4. The summed E-state index contributed by atoms with van der Waals surface area (Å²) in [5, 5.41) is 0.324. The number of alkyl halides is 3. The SMILES string of the molecule is COc1ccc(-c2nc(C(=O)N3CCC(N4CCCC4=O)CC3)c(C(C)N)o2)c2ccc(C(F)(F)F)nc12. The first-order valence-electron chi connectivity index (χ1n) is 12.5. The van der Waals surface area contributed by atoms with E-state index in [1.807, 2.05) is 4.90 Å². The average molecular weight is 532 g/mol. The molecule has 2 saturated heterocycles. The molecular weight excluding hydrogens is 503 g/mol. The summed E-state index contributed by atoms with van der Waals surface area (Å²) in [6.07, 6.45) is -1.84. The topological polar surface area (TPSA) is 115 Å². The normalized spacial score (nSPS) is 17.9. The van der Waals surface area contributed by atoms with Crippen LogP contribution >= 0.6 is 0 Å². The van der Waals surface area contributed by atoms with Crippen molar-refractivity contribution in [2.45, 2.75) is 50.9 Å². The number of halogens is 3. The fourth-order valence-electron chi connectivity index (χ4n) is 5.20. The highest BCUT2D eigenvalue weighted by Gasteiger charge is 2.35. The number of pyridine rings is 1. The van der Waals surface area contributed by atoms with Gasteiger partial charge in [0, 0.05) is 43.0 Å². The number of methoxy groups -OCH3 is 1. The van der Waals surface area contributed by atoms with Crippen molar-refractivity contribution >= 4 is 22.7 Å². The summed E-state index contributed by atoms with van der Waals surface area (Å²) in [7, 11) is 1.34. The highest BCUT2D eigenvalue weighted by atomic mass is 19.4. The van der Waals surface area contributed by atoms with E-state index >= 15 is 0 Å². The van der Waals surface area contributed by atoms with Crippen LogP contribution in [0, 0.1) is 0 Å². The van der Waals surface area contributed by atoms with Crippen molar-refractivity contribution in [1.82, 2.24) is 19.8 Å². The number of piperidine rings is 1. The Morgan fingerprint density at radius 1 is 1.16 bits per heavy atom. The summed E-state index contributed by atoms with van der Waals surface area (Å²) >= 11 is 0. The molecule has 5 rings (SSSR count). The molecule has 12 heteroatoms. The molecular formula is C26H28F3N5O4. The minimum absolute atomic E-state index is 0.00761. The van der Waals surface area contributed by atoms with Gasteiger partial charge in [-0.25, -0.2) is 9.97 Å². The first kappa shape index (κ1) is 26.0. The Morgan fingerprint density at radius 2 is 1.89 bits per heavy atom. The van der Waals surface area contributed by atoms with Gasteiger partial charge in [0.2, 0.25) is 11.8 Å². The summed E-state index contributed by atoms with van der Waals surface area (Å²) in [6.45, 7) is 3.34. The number of fused-ring (bicyclic) bond motifs is 1. The monoisotopic (exact) mass is 531 g/mol. The lowest BCUT2D eigenvalue weighted by Gasteiger charge is -2.36. The molecule has 1 unspecified atom stereocenters. The van der Waals surface area contributed by atoms with E-state index in [1.54, 1.807) is 17.9 Å². The molecule has 0 saturated carbocycles. The third-order valence-corrected chi connectivity index (χ3v) is 7.13. The van der Waals surface area contributed by atoms with Gasteiger partial charge in [-0.2, -0.15) is 13.2 Å². The number of amides is 2. The van der Waals surface area contributed by atoms with Gasteiger partial charge in [0.15, 0.2) is 11.5 Å². The van der Waals surface area contributed by atoms with Crippen LogP contribution in [0.1, 0.15) is 60.6 Å². The highest BCUT2D eigenvalue weighted by molar-refractivity contribution is 5.98. The number of aromatic nitrogens is 2. The van der Waals surface area contributed by atoms with E-state index in [2.05, 4.69) is 9.97 Å². The molecule has 2 fully saturated rings. The summed E-state index contributed by atoms with van der Waals surface area (Å²) in [6, 6.07) is 4.70. The molecule has 0 radical (unpaired) electrons. The maximum Gasteiger partial charge on any atom is 0.433 e. The van der Waals surface area contributed by atoms with Crippen molar-refractivity contribution in [3.63, 3.8) is 0 Å². The van der Waals surface area contributed by atoms with E-state index in [-0.39, 0.29) is 46.5 Å². The number of likely N-dealkylation sites (tertiary alicyclic amines) is 2. The van der Waals surface area contributed by atoms with Gasteiger partial charge in [-0.3, -0.25) is 9.59 Å². The van der Waals surface area contributed by atoms with Gasteiger partial charge in [0.25, 0.3) is 5.91 Å². The molecule has 2 aliphatic heterocycles. The minimum Gasteiger partial charge on any atom is -0.494 e. The molecule has 0 bridgehead atoms. The maximum absolute atomic E-state index is 13.5. The summed E-state index contributed by atoms with van der Waals surface area (Å²) in [5.41, 5.74) is 5.47. The van der Waals surface area contributed by atoms with Gasteiger partial charge in [-0.1, -0.05) is 0 Å².